The van der Waals surface area contributed by atoms with Crippen LogP contribution in [0.5, 0.6) is 0 Å². The zero-order chi connectivity index (χ0) is 30.1. The van der Waals surface area contributed by atoms with Crippen molar-refractivity contribution in [1.29, 1.82) is 0 Å². The highest BCUT2D eigenvalue weighted by atomic mass is 16.1. The zero-order valence-electron chi connectivity index (χ0n) is 26.1. The Bertz CT molecular complexity index is 1550. The normalized spacial score (nSPS) is 11.5. The Labute approximate surface area is 246 Å². The van der Waals surface area contributed by atoms with Crippen LogP contribution in [0, 0.1) is 13.8 Å². The largest absolute Gasteiger partial charge is 0.307 e. The van der Waals surface area contributed by atoms with Crippen LogP contribution in [0.2, 0.25) is 0 Å². The summed E-state index contributed by atoms with van der Waals surface area (Å²) in [6.45, 7) is 20.3. The van der Waals surface area contributed by atoms with Gasteiger partial charge in [-0.1, -0.05) is 103 Å². The second-order valence-corrected chi connectivity index (χ2v) is 10.7. The molecular formula is C36H46N4O. The first-order valence-corrected chi connectivity index (χ1v) is 14.9. The molecule has 0 aliphatic carbocycles. The van der Waals surface area contributed by atoms with E-state index in [0.717, 1.165) is 47.2 Å². The van der Waals surface area contributed by atoms with Gasteiger partial charge in [-0.25, -0.2) is 4.68 Å². The van der Waals surface area contributed by atoms with E-state index >= 15 is 0 Å². The Morgan fingerprint density at radius 3 is 2.22 bits per heavy atom. The van der Waals surface area contributed by atoms with Gasteiger partial charge < -0.3 is 4.79 Å². The van der Waals surface area contributed by atoms with Crippen molar-refractivity contribution < 1.29 is 4.79 Å². The van der Waals surface area contributed by atoms with Gasteiger partial charge in [0.2, 0.25) is 0 Å². The number of carbonyl (C=O) groups excluding carboxylic acids is 1. The van der Waals surface area contributed by atoms with E-state index < -0.39 is 0 Å². The average Bonchev–Trinajstić information content (AvgIpc) is 3.56. The topological polar surface area (TPSA) is 52.7 Å². The van der Waals surface area contributed by atoms with Crippen molar-refractivity contribution in [3.8, 4) is 16.9 Å². The lowest BCUT2D eigenvalue weighted by molar-refractivity contribution is -0.0980. The summed E-state index contributed by atoms with van der Waals surface area (Å²) in [7, 11) is 0. The average molecular weight is 551 g/mol. The lowest BCUT2D eigenvalue weighted by Gasteiger charge is -2.11. The second-order valence-electron chi connectivity index (χ2n) is 10.7. The molecule has 0 bridgehead atoms. The minimum Gasteiger partial charge on any atom is -0.307 e. The molecule has 41 heavy (non-hydrogen) atoms. The Balaban J connectivity index is 0.00000111. The molecule has 0 aliphatic rings. The van der Waals surface area contributed by atoms with Gasteiger partial charge in [0, 0.05) is 40.9 Å². The van der Waals surface area contributed by atoms with Crippen molar-refractivity contribution in [2.24, 2.45) is 0 Å². The van der Waals surface area contributed by atoms with Crippen LogP contribution in [0.3, 0.4) is 0 Å². The third-order valence-electron chi connectivity index (χ3n) is 7.45. The van der Waals surface area contributed by atoms with E-state index in [0.29, 0.717) is 11.8 Å². The van der Waals surface area contributed by atoms with Crippen molar-refractivity contribution in [3.63, 3.8) is 0 Å². The summed E-state index contributed by atoms with van der Waals surface area (Å²) in [5.41, 5.74) is 10.9. The lowest BCUT2D eigenvalue weighted by atomic mass is 9.95. The van der Waals surface area contributed by atoms with Gasteiger partial charge in [0.25, 0.3) is 0 Å². The quantitative estimate of drug-likeness (QED) is 0.193. The molecule has 5 rings (SSSR count). The molecular weight excluding hydrogens is 504 g/mol. The molecule has 3 aromatic carbocycles. The van der Waals surface area contributed by atoms with Crippen LogP contribution in [0.4, 0.5) is 0 Å². The highest BCUT2D eigenvalue weighted by molar-refractivity contribution is 5.94. The molecule has 1 atom stereocenters. The molecule has 5 heteroatoms. The van der Waals surface area contributed by atoms with Crippen molar-refractivity contribution >= 4 is 17.7 Å². The maximum atomic E-state index is 8.00. The summed E-state index contributed by atoms with van der Waals surface area (Å²) in [4.78, 5) is 8.00. The fourth-order valence-corrected chi connectivity index (χ4v) is 5.60. The van der Waals surface area contributed by atoms with Gasteiger partial charge in [0.1, 0.15) is 6.79 Å². The molecule has 5 aromatic rings. The summed E-state index contributed by atoms with van der Waals surface area (Å²) in [5, 5.41) is 11.4. The van der Waals surface area contributed by atoms with Gasteiger partial charge in [-0.05, 0) is 55.0 Å². The number of hydrogen-bond acceptors (Lipinski definition) is 3. The van der Waals surface area contributed by atoms with Crippen molar-refractivity contribution in [2.75, 3.05) is 0 Å². The monoisotopic (exact) mass is 550 g/mol. The van der Waals surface area contributed by atoms with Gasteiger partial charge in [-0.2, -0.15) is 10.2 Å². The molecule has 0 radical (unpaired) electrons. The third kappa shape index (κ3) is 6.84. The van der Waals surface area contributed by atoms with E-state index in [1.165, 1.54) is 27.9 Å². The molecule has 0 spiro atoms. The number of benzene rings is 3. The minimum atomic E-state index is 0.354. The van der Waals surface area contributed by atoms with Gasteiger partial charge >= 0.3 is 0 Å². The molecule has 0 saturated carbocycles. The van der Waals surface area contributed by atoms with Crippen LogP contribution in [-0.2, 0) is 17.8 Å². The van der Waals surface area contributed by atoms with Crippen molar-refractivity contribution in [1.82, 2.24) is 19.6 Å². The molecule has 5 nitrogen and oxygen atoms in total. The number of hydrogen-bond donors (Lipinski definition) is 0. The predicted molar refractivity (Wildman–Crippen MR) is 173 cm³/mol. The number of aryl methyl sites for hydroxylation is 2. The van der Waals surface area contributed by atoms with E-state index in [1.807, 2.05) is 20.6 Å². The number of rotatable bonds is 8. The summed E-state index contributed by atoms with van der Waals surface area (Å²) in [6.07, 6.45) is 4.47. The standard InChI is InChI=1S/C33H38N4.C2H6.CH2O/c1-7-12-26-17-18-31(23(4)19-26)37-25(6)32(22(2)3)33(35-37)28-15-11-16-30-29(28)21-36(34-30)20-24(5)27-13-9-8-10-14-27;2*1-2/h8-11,13-19,21-22,24H,7,12,20H2,1-6H3;1-2H3;1H2/t24-;;/m0../s1. The molecule has 0 N–H and O–H groups in total. The molecule has 0 saturated heterocycles. The van der Waals surface area contributed by atoms with Gasteiger partial charge in [0.05, 0.1) is 16.9 Å². The van der Waals surface area contributed by atoms with Crippen molar-refractivity contribution in [2.45, 2.75) is 86.6 Å². The van der Waals surface area contributed by atoms with Crippen LogP contribution < -0.4 is 0 Å². The second kappa shape index (κ2) is 14.6. The molecule has 0 amide bonds. The highest BCUT2D eigenvalue weighted by Gasteiger charge is 2.22. The highest BCUT2D eigenvalue weighted by Crippen LogP contribution is 2.36. The zero-order valence-corrected chi connectivity index (χ0v) is 26.1. The maximum Gasteiger partial charge on any atom is 0.106 e. The predicted octanol–water partition coefficient (Wildman–Crippen LogP) is 9.23. The molecule has 0 unspecified atom stereocenters. The Hall–Kier alpha value is -3.99. The summed E-state index contributed by atoms with van der Waals surface area (Å²) < 4.78 is 4.25. The van der Waals surface area contributed by atoms with Gasteiger partial charge in [-0.3, -0.25) is 4.68 Å². The van der Waals surface area contributed by atoms with Gasteiger partial charge in [0.15, 0.2) is 0 Å². The van der Waals surface area contributed by atoms with E-state index in [-0.39, 0.29) is 0 Å². The van der Waals surface area contributed by atoms with Crippen LogP contribution in [0.25, 0.3) is 27.8 Å². The molecule has 216 valence electrons. The summed E-state index contributed by atoms with van der Waals surface area (Å²) in [5.74, 6) is 0.733. The summed E-state index contributed by atoms with van der Waals surface area (Å²) in [6, 6.07) is 23.9. The number of fused-ring (bicyclic) bond motifs is 1. The molecule has 0 fully saturated rings. The Morgan fingerprint density at radius 2 is 1.59 bits per heavy atom. The Morgan fingerprint density at radius 1 is 0.878 bits per heavy atom. The van der Waals surface area contributed by atoms with Crippen LogP contribution >= 0.6 is 0 Å². The number of nitrogens with zero attached hydrogens (tertiary/aromatic N) is 4. The first-order valence-electron chi connectivity index (χ1n) is 14.9. The molecule has 2 aromatic heterocycles. The van der Waals surface area contributed by atoms with Crippen LogP contribution in [0.1, 0.15) is 87.7 Å². The van der Waals surface area contributed by atoms with E-state index in [1.54, 1.807) is 0 Å². The number of aromatic nitrogens is 4. The first-order chi connectivity index (χ1) is 19.9. The summed E-state index contributed by atoms with van der Waals surface area (Å²) >= 11 is 0. The van der Waals surface area contributed by atoms with Crippen LogP contribution in [-0.4, -0.2) is 26.4 Å². The maximum absolute atomic E-state index is 8.00. The fourth-order valence-electron chi connectivity index (χ4n) is 5.60. The number of carbonyl (C=O) groups is 1. The Kier molecular flexibility index (Phi) is 11.2. The third-order valence-corrected chi connectivity index (χ3v) is 7.45. The van der Waals surface area contributed by atoms with Crippen LogP contribution in [0.15, 0.2) is 72.9 Å². The SMILES string of the molecule is C=O.CC.CCCc1ccc(-n2nc(-c3cccc4nn(C[C@H](C)c5ccccc5)cc34)c(C(C)C)c2C)c(C)c1. The minimum absolute atomic E-state index is 0.354. The fraction of sp³-hybridized carbons (Fsp3) is 0.361. The van der Waals surface area contributed by atoms with E-state index in [2.05, 4.69) is 124 Å². The van der Waals surface area contributed by atoms with E-state index in [9.17, 15) is 0 Å². The lowest BCUT2D eigenvalue weighted by Crippen LogP contribution is -2.06. The molecule has 0 aliphatic heterocycles. The first kappa shape index (κ1) is 31.5. The van der Waals surface area contributed by atoms with Gasteiger partial charge in [-0.15, -0.1) is 0 Å². The van der Waals surface area contributed by atoms with Crippen molar-refractivity contribution in [3.05, 3.63) is 101 Å². The smallest absolute Gasteiger partial charge is 0.106 e. The molecule has 2 heterocycles. The van der Waals surface area contributed by atoms with E-state index in [4.69, 9.17) is 15.0 Å².